The van der Waals surface area contributed by atoms with Crippen LogP contribution in [-0.4, -0.2) is 49.1 Å². The maximum atomic E-state index is 13.4. The number of thiazole rings is 1. The van der Waals surface area contributed by atoms with Gasteiger partial charge in [-0.3, -0.25) is 23.9 Å². The summed E-state index contributed by atoms with van der Waals surface area (Å²) in [5.41, 5.74) is 4.17. The van der Waals surface area contributed by atoms with Crippen LogP contribution in [0.2, 0.25) is 0 Å². The summed E-state index contributed by atoms with van der Waals surface area (Å²) in [6.07, 6.45) is 5.26. The molecule has 2 fully saturated rings. The fourth-order valence-corrected chi connectivity index (χ4v) is 9.39. The molecular weight excluding hydrogens is 595 g/mol. The van der Waals surface area contributed by atoms with E-state index >= 15 is 0 Å². The van der Waals surface area contributed by atoms with Crippen molar-refractivity contribution in [1.82, 2.24) is 9.47 Å². The van der Waals surface area contributed by atoms with Crippen molar-refractivity contribution in [2.45, 2.75) is 56.5 Å². The maximum Gasteiger partial charge on any atom is 0.323 e. The largest absolute Gasteiger partial charge is 0.480 e. The monoisotopic (exact) mass is 623 g/mol. The quantitative estimate of drug-likeness (QED) is 0.300. The zero-order chi connectivity index (χ0) is 28.8. The third-order valence-electron chi connectivity index (χ3n) is 7.81. The number of nitrogens with zero attached hydrogens (tertiary/aromatic N) is 3. The molecule has 0 spiro atoms. The predicted molar refractivity (Wildman–Crippen MR) is 172 cm³/mol. The number of aromatic nitrogens is 1. The summed E-state index contributed by atoms with van der Waals surface area (Å²) in [5.74, 6) is 0.0347. The van der Waals surface area contributed by atoms with Crippen LogP contribution in [0.3, 0.4) is 0 Å². The molecule has 3 aromatic rings. The summed E-state index contributed by atoms with van der Waals surface area (Å²) < 4.78 is 2.33. The highest BCUT2D eigenvalue weighted by Crippen LogP contribution is 2.52. The fourth-order valence-electron chi connectivity index (χ4n) is 6.09. The number of thioether (sulfide) groups is 2. The average molecular weight is 624 g/mol. The third-order valence-corrected chi connectivity index (χ3v) is 11.4. The number of carbonyl (C=O) groups excluding carboxylic acids is 1. The van der Waals surface area contributed by atoms with Crippen molar-refractivity contribution >= 4 is 85.6 Å². The molecule has 3 aliphatic rings. The van der Waals surface area contributed by atoms with Gasteiger partial charge in [-0.05, 0) is 79.1 Å². The highest BCUT2D eigenvalue weighted by Gasteiger charge is 2.42. The summed E-state index contributed by atoms with van der Waals surface area (Å²) in [7, 11) is 0. The molecule has 1 saturated heterocycles. The molecule has 3 heterocycles. The van der Waals surface area contributed by atoms with Crippen LogP contribution in [0.25, 0.3) is 11.0 Å². The van der Waals surface area contributed by atoms with E-state index in [2.05, 4.69) is 48.2 Å². The molecule has 7 nitrogen and oxygen atoms in total. The van der Waals surface area contributed by atoms with Crippen molar-refractivity contribution in [2.24, 2.45) is 0 Å². The second kappa shape index (κ2) is 11.4. The number of hydrogen-bond donors (Lipinski definition) is 1. The first kappa shape index (κ1) is 28.3. The minimum atomic E-state index is -1.14. The number of benzene rings is 2. The van der Waals surface area contributed by atoms with Gasteiger partial charge in [0.2, 0.25) is 0 Å². The van der Waals surface area contributed by atoms with Crippen LogP contribution in [0.5, 0.6) is 0 Å². The first-order chi connectivity index (χ1) is 19.8. The molecule has 2 aliphatic heterocycles. The van der Waals surface area contributed by atoms with Crippen molar-refractivity contribution in [2.75, 3.05) is 17.2 Å². The van der Waals surface area contributed by atoms with Gasteiger partial charge in [-0.25, -0.2) is 0 Å². The zero-order valence-electron chi connectivity index (χ0n) is 22.7. The number of hydrogen-bond acceptors (Lipinski definition) is 8. The topological polar surface area (TPSA) is 82.8 Å². The van der Waals surface area contributed by atoms with E-state index in [1.807, 2.05) is 30.8 Å². The highest BCUT2D eigenvalue weighted by molar-refractivity contribution is 8.30. The van der Waals surface area contributed by atoms with Gasteiger partial charge in [0.1, 0.15) is 20.4 Å². The second-order valence-corrected chi connectivity index (χ2v) is 14.2. The number of amides is 1. The number of carbonyl (C=O) groups is 2. The van der Waals surface area contributed by atoms with Crippen LogP contribution in [0, 0.1) is 0 Å². The van der Waals surface area contributed by atoms with Gasteiger partial charge in [0, 0.05) is 34.8 Å². The summed E-state index contributed by atoms with van der Waals surface area (Å²) in [4.78, 5) is 43.6. The molecule has 41 heavy (non-hydrogen) atoms. The molecule has 1 aliphatic carbocycles. The third kappa shape index (κ3) is 5.07. The van der Waals surface area contributed by atoms with E-state index in [-0.39, 0.29) is 5.91 Å². The van der Waals surface area contributed by atoms with Crippen molar-refractivity contribution < 1.29 is 14.7 Å². The first-order valence-electron chi connectivity index (χ1n) is 13.7. The molecule has 2 aromatic carbocycles. The lowest BCUT2D eigenvalue weighted by Crippen LogP contribution is -2.35. The molecule has 2 atom stereocenters. The Labute approximate surface area is 255 Å². The molecule has 1 N–H and O–H groups in total. The predicted octanol–water partition coefficient (Wildman–Crippen LogP) is 4.71. The second-order valence-electron chi connectivity index (χ2n) is 10.2. The standard InChI is InChI=1S/C30H29N3O4S4/c1-3-31-28(37)26(41-30(31)38)29-32(16-25(34)35)27(36)24(40-29)15-17-8-13-23-21(14-17)20-6-5-7-22(20)33(23)18-9-11-19(12-10-18)39-4-2/h8-15,20,22H,3-7,16H2,1-2H3,(H,34,35). The van der Waals surface area contributed by atoms with E-state index in [1.54, 1.807) is 0 Å². The van der Waals surface area contributed by atoms with Crippen LogP contribution >= 0.6 is 47.1 Å². The van der Waals surface area contributed by atoms with E-state index in [9.17, 15) is 19.5 Å². The Hall–Kier alpha value is -2.86. The van der Waals surface area contributed by atoms with Crippen LogP contribution in [-0.2, 0) is 16.1 Å². The minimum Gasteiger partial charge on any atom is -0.480 e. The first-order valence-corrected chi connectivity index (χ1v) is 16.7. The number of fused-ring (bicyclic) bond motifs is 3. The van der Waals surface area contributed by atoms with Crippen molar-refractivity contribution in [3.05, 3.63) is 73.1 Å². The van der Waals surface area contributed by atoms with Crippen LogP contribution in [0.4, 0.5) is 11.4 Å². The molecule has 6 rings (SSSR count). The van der Waals surface area contributed by atoms with Gasteiger partial charge in [0.05, 0.1) is 4.53 Å². The summed E-state index contributed by atoms with van der Waals surface area (Å²) >= 11 is 9.46. The SMILES string of the molecule is CCSc1ccc(N2c3ccc(C=c4sc(=C5SC(=S)N(CC)C5=O)n(CC(=O)O)c4=O)cc3C3CCCC32)cc1. The Morgan fingerprint density at radius 2 is 1.93 bits per heavy atom. The smallest absolute Gasteiger partial charge is 0.323 e. The van der Waals surface area contributed by atoms with E-state index < -0.39 is 18.1 Å². The van der Waals surface area contributed by atoms with Crippen LogP contribution in [0.15, 0.2) is 52.2 Å². The normalized spacial score (nSPS) is 21.7. The van der Waals surface area contributed by atoms with Crippen LogP contribution in [0.1, 0.15) is 50.2 Å². The van der Waals surface area contributed by atoms with Gasteiger partial charge < -0.3 is 10.0 Å². The number of carboxylic acids is 1. The minimum absolute atomic E-state index is 0.291. The molecular formula is C30H29N3O4S4. The molecule has 1 amide bonds. The van der Waals surface area contributed by atoms with Crippen molar-refractivity contribution in [3.8, 4) is 0 Å². The maximum absolute atomic E-state index is 13.4. The Morgan fingerprint density at radius 1 is 1.15 bits per heavy atom. The lowest BCUT2D eigenvalue weighted by atomic mass is 9.96. The molecule has 1 aromatic heterocycles. The van der Waals surface area contributed by atoms with Crippen LogP contribution < -0.4 is 19.7 Å². The molecule has 11 heteroatoms. The molecule has 0 bridgehead atoms. The van der Waals surface area contributed by atoms with Gasteiger partial charge in [0.15, 0.2) is 0 Å². The number of aliphatic carboxylic acids is 1. The molecule has 2 unspecified atom stereocenters. The van der Waals surface area contributed by atoms with Crippen molar-refractivity contribution in [3.63, 3.8) is 0 Å². The van der Waals surface area contributed by atoms with E-state index in [0.29, 0.717) is 36.9 Å². The lowest BCUT2D eigenvalue weighted by molar-refractivity contribution is -0.137. The Bertz CT molecular complexity index is 1740. The number of anilines is 2. The summed E-state index contributed by atoms with van der Waals surface area (Å²) in [6, 6.07) is 15.6. The van der Waals surface area contributed by atoms with E-state index in [0.717, 1.165) is 47.3 Å². The van der Waals surface area contributed by atoms with Gasteiger partial charge >= 0.3 is 5.97 Å². The zero-order valence-corrected chi connectivity index (χ0v) is 25.9. The summed E-state index contributed by atoms with van der Waals surface area (Å²) in [6.45, 7) is 3.88. The highest BCUT2D eigenvalue weighted by atomic mass is 32.2. The van der Waals surface area contributed by atoms with Gasteiger partial charge in [-0.1, -0.05) is 43.4 Å². The van der Waals surface area contributed by atoms with E-state index in [1.165, 1.54) is 37.7 Å². The summed E-state index contributed by atoms with van der Waals surface area (Å²) in [5, 5.41) is 9.52. The van der Waals surface area contributed by atoms with E-state index in [4.69, 9.17) is 12.2 Å². The Balaban J connectivity index is 1.43. The molecule has 0 radical (unpaired) electrons. The Kier molecular flexibility index (Phi) is 7.88. The van der Waals surface area contributed by atoms with Gasteiger partial charge in [0.25, 0.3) is 11.5 Å². The molecule has 212 valence electrons. The fraction of sp³-hybridized carbons (Fsp3) is 0.333. The van der Waals surface area contributed by atoms with Crippen molar-refractivity contribution in [1.29, 1.82) is 0 Å². The average Bonchev–Trinajstić information content (AvgIpc) is 3.68. The van der Waals surface area contributed by atoms with Gasteiger partial charge in [-0.15, -0.1) is 23.1 Å². The number of rotatable bonds is 7. The van der Waals surface area contributed by atoms with Gasteiger partial charge in [-0.2, -0.15) is 0 Å². The number of carboxylic acid groups (broad SMARTS) is 1. The molecule has 1 saturated carbocycles. The lowest BCUT2D eigenvalue weighted by Gasteiger charge is -2.27. The number of thiocarbonyl (C=S) groups is 1. The Morgan fingerprint density at radius 3 is 2.61 bits per heavy atom.